The van der Waals surface area contributed by atoms with Gasteiger partial charge in [0.25, 0.3) is 0 Å². The first-order chi connectivity index (χ1) is 6.63. The van der Waals surface area contributed by atoms with E-state index in [4.69, 9.17) is 5.11 Å². The highest BCUT2D eigenvalue weighted by Crippen LogP contribution is 2.18. The number of rotatable bonds is 5. The molecule has 0 bridgehead atoms. The van der Waals surface area contributed by atoms with Crippen molar-refractivity contribution in [3.63, 3.8) is 0 Å². The van der Waals surface area contributed by atoms with E-state index in [0.29, 0.717) is 19.6 Å². The standard InChI is InChI=1S/C9H16N2O3/c1-2-10-4-8(12)11-5-7(6-11)3-9(13)14/h7,10H,2-6H2,1H3,(H,13,14). The Hall–Kier alpha value is -1.10. The number of carboxylic acids is 1. The average Bonchev–Trinajstić information content (AvgIpc) is 2.06. The van der Waals surface area contributed by atoms with E-state index in [1.165, 1.54) is 0 Å². The molecule has 1 aliphatic heterocycles. The molecule has 14 heavy (non-hydrogen) atoms. The molecule has 0 aromatic rings. The van der Waals surface area contributed by atoms with Gasteiger partial charge in [0.15, 0.2) is 0 Å². The van der Waals surface area contributed by atoms with Crippen molar-refractivity contribution >= 4 is 11.9 Å². The Balaban J connectivity index is 2.14. The molecule has 0 saturated carbocycles. The first-order valence-corrected chi connectivity index (χ1v) is 4.83. The van der Waals surface area contributed by atoms with Crippen molar-refractivity contribution in [2.75, 3.05) is 26.2 Å². The Morgan fingerprint density at radius 2 is 2.14 bits per heavy atom. The van der Waals surface area contributed by atoms with E-state index in [1.54, 1.807) is 4.90 Å². The minimum absolute atomic E-state index is 0.0634. The lowest BCUT2D eigenvalue weighted by atomic mass is 9.96. The highest BCUT2D eigenvalue weighted by molar-refractivity contribution is 5.79. The first-order valence-electron chi connectivity index (χ1n) is 4.83. The lowest BCUT2D eigenvalue weighted by Gasteiger charge is -2.38. The van der Waals surface area contributed by atoms with Crippen molar-refractivity contribution < 1.29 is 14.7 Å². The summed E-state index contributed by atoms with van der Waals surface area (Å²) in [6.45, 7) is 4.26. The third-order valence-electron chi connectivity index (χ3n) is 2.30. The third-order valence-corrected chi connectivity index (χ3v) is 2.30. The Morgan fingerprint density at radius 3 is 2.64 bits per heavy atom. The molecule has 1 saturated heterocycles. The van der Waals surface area contributed by atoms with Crippen LogP contribution in [0.3, 0.4) is 0 Å². The van der Waals surface area contributed by atoms with Crippen LogP contribution in [0.15, 0.2) is 0 Å². The van der Waals surface area contributed by atoms with Crippen LogP contribution in [0.4, 0.5) is 0 Å². The van der Waals surface area contributed by atoms with Gasteiger partial charge in [0.1, 0.15) is 0 Å². The molecular formula is C9H16N2O3. The average molecular weight is 200 g/mol. The molecule has 0 aliphatic carbocycles. The number of carbonyl (C=O) groups excluding carboxylic acids is 1. The number of carbonyl (C=O) groups is 2. The number of nitrogens with zero attached hydrogens (tertiary/aromatic N) is 1. The van der Waals surface area contributed by atoms with Crippen LogP contribution in [0.5, 0.6) is 0 Å². The van der Waals surface area contributed by atoms with Gasteiger partial charge in [-0.1, -0.05) is 6.92 Å². The largest absolute Gasteiger partial charge is 0.481 e. The zero-order chi connectivity index (χ0) is 10.6. The van der Waals surface area contributed by atoms with Crippen LogP contribution in [0.1, 0.15) is 13.3 Å². The van der Waals surface area contributed by atoms with Gasteiger partial charge < -0.3 is 15.3 Å². The van der Waals surface area contributed by atoms with E-state index in [9.17, 15) is 9.59 Å². The molecule has 5 heteroatoms. The zero-order valence-corrected chi connectivity index (χ0v) is 8.32. The number of nitrogens with one attached hydrogen (secondary N) is 1. The van der Waals surface area contributed by atoms with E-state index in [-0.39, 0.29) is 18.2 Å². The molecule has 2 N–H and O–H groups in total. The SMILES string of the molecule is CCNCC(=O)N1CC(CC(=O)O)C1. The Labute approximate surface area is 83.1 Å². The van der Waals surface area contributed by atoms with E-state index in [0.717, 1.165) is 6.54 Å². The summed E-state index contributed by atoms with van der Waals surface area (Å²) in [6, 6.07) is 0. The van der Waals surface area contributed by atoms with Gasteiger partial charge in [0.2, 0.25) is 5.91 Å². The van der Waals surface area contributed by atoms with Crippen LogP contribution >= 0.6 is 0 Å². The summed E-state index contributed by atoms with van der Waals surface area (Å²) in [5.41, 5.74) is 0. The minimum Gasteiger partial charge on any atom is -0.481 e. The summed E-state index contributed by atoms with van der Waals surface area (Å²) >= 11 is 0. The van der Waals surface area contributed by atoms with Gasteiger partial charge >= 0.3 is 5.97 Å². The van der Waals surface area contributed by atoms with Crippen molar-refractivity contribution in [3.05, 3.63) is 0 Å². The Bertz CT molecular complexity index is 224. The maximum atomic E-state index is 11.3. The second kappa shape index (κ2) is 4.95. The molecule has 0 radical (unpaired) electrons. The topological polar surface area (TPSA) is 69.6 Å². The van der Waals surface area contributed by atoms with Crippen LogP contribution in [-0.2, 0) is 9.59 Å². The molecular weight excluding hydrogens is 184 g/mol. The summed E-state index contributed by atoms with van der Waals surface area (Å²) < 4.78 is 0. The summed E-state index contributed by atoms with van der Waals surface area (Å²) in [4.78, 5) is 23.4. The van der Waals surface area contributed by atoms with Crippen LogP contribution < -0.4 is 5.32 Å². The molecule has 5 nitrogen and oxygen atoms in total. The lowest BCUT2D eigenvalue weighted by Crippen LogP contribution is -2.53. The van der Waals surface area contributed by atoms with Crippen LogP contribution in [0, 0.1) is 5.92 Å². The summed E-state index contributed by atoms with van der Waals surface area (Å²) in [7, 11) is 0. The van der Waals surface area contributed by atoms with Gasteiger partial charge in [-0.2, -0.15) is 0 Å². The Morgan fingerprint density at radius 1 is 1.50 bits per heavy atom. The van der Waals surface area contributed by atoms with E-state index in [2.05, 4.69) is 5.32 Å². The van der Waals surface area contributed by atoms with E-state index >= 15 is 0 Å². The number of hydrogen-bond donors (Lipinski definition) is 2. The summed E-state index contributed by atoms with van der Waals surface area (Å²) in [6.07, 6.45) is 0.172. The summed E-state index contributed by atoms with van der Waals surface area (Å²) in [5, 5.41) is 11.4. The molecule has 1 fully saturated rings. The van der Waals surface area contributed by atoms with Gasteiger partial charge in [-0.15, -0.1) is 0 Å². The van der Waals surface area contributed by atoms with Crippen LogP contribution in [-0.4, -0.2) is 48.1 Å². The molecule has 0 atom stereocenters. The molecule has 1 heterocycles. The van der Waals surface area contributed by atoms with E-state index in [1.807, 2.05) is 6.92 Å². The number of hydrogen-bond acceptors (Lipinski definition) is 3. The zero-order valence-electron chi connectivity index (χ0n) is 8.32. The predicted octanol–water partition coefficient (Wildman–Crippen LogP) is -0.471. The fourth-order valence-corrected chi connectivity index (χ4v) is 1.49. The highest BCUT2D eigenvalue weighted by atomic mass is 16.4. The molecule has 0 aromatic carbocycles. The first kappa shape index (κ1) is 11.0. The fourth-order valence-electron chi connectivity index (χ4n) is 1.49. The normalized spacial score (nSPS) is 16.5. The fraction of sp³-hybridized carbons (Fsp3) is 0.778. The van der Waals surface area contributed by atoms with Gasteiger partial charge in [-0.05, 0) is 6.54 Å². The third kappa shape index (κ3) is 2.99. The smallest absolute Gasteiger partial charge is 0.303 e. The van der Waals surface area contributed by atoms with Crippen LogP contribution in [0.2, 0.25) is 0 Å². The predicted molar refractivity (Wildman–Crippen MR) is 50.9 cm³/mol. The number of likely N-dealkylation sites (tertiary alicyclic amines) is 1. The highest BCUT2D eigenvalue weighted by Gasteiger charge is 2.31. The molecule has 1 aliphatic rings. The van der Waals surface area contributed by atoms with Gasteiger partial charge in [0, 0.05) is 19.0 Å². The van der Waals surface area contributed by atoms with E-state index < -0.39 is 5.97 Å². The van der Waals surface area contributed by atoms with Crippen molar-refractivity contribution in [2.24, 2.45) is 5.92 Å². The molecule has 1 rings (SSSR count). The maximum absolute atomic E-state index is 11.3. The van der Waals surface area contributed by atoms with Crippen molar-refractivity contribution in [2.45, 2.75) is 13.3 Å². The van der Waals surface area contributed by atoms with Crippen molar-refractivity contribution in [1.29, 1.82) is 0 Å². The van der Waals surface area contributed by atoms with Crippen molar-refractivity contribution in [3.8, 4) is 0 Å². The monoisotopic (exact) mass is 200 g/mol. The number of likely N-dealkylation sites (N-methyl/N-ethyl adjacent to an activating group) is 1. The number of carboxylic acid groups (broad SMARTS) is 1. The molecule has 1 amide bonds. The Kier molecular flexibility index (Phi) is 3.88. The lowest BCUT2D eigenvalue weighted by molar-refractivity contribution is -0.144. The molecule has 0 unspecified atom stereocenters. The minimum atomic E-state index is -0.784. The number of aliphatic carboxylic acids is 1. The quantitative estimate of drug-likeness (QED) is 0.629. The van der Waals surface area contributed by atoms with Crippen molar-refractivity contribution in [1.82, 2.24) is 10.2 Å². The number of amides is 1. The second-order valence-corrected chi connectivity index (χ2v) is 3.54. The molecule has 0 spiro atoms. The second-order valence-electron chi connectivity index (χ2n) is 3.54. The summed E-state index contributed by atoms with van der Waals surface area (Å²) in [5.74, 6) is -0.569. The van der Waals surface area contributed by atoms with Gasteiger partial charge in [-0.25, -0.2) is 0 Å². The van der Waals surface area contributed by atoms with Crippen LogP contribution in [0.25, 0.3) is 0 Å². The maximum Gasteiger partial charge on any atom is 0.303 e. The van der Waals surface area contributed by atoms with Gasteiger partial charge in [-0.3, -0.25) is 9.59 Å². The van der Waals surface area contributed by atoms with Gasteiger partial charge in [0.05, 0.1) is 13.0 Å². The molecule has 80 valence electrons. The molecule has 0 aromatic heterocycles.